The highest BCUT2D eigenvalue weighted by Gasteiger charge is 2.48. The average molecular weight is 496 g/mol. The van der Waals surface area contributed by atoms with E-state index in [-0.39, 0.29) is 23.4 Å². The summed E-state index contributed by atoms with van der Waals surface area (Å²) in [6.45, 7) is 4.44. The number of rotatable bonds is 5. The molecule has 0 aliphatic carbocycles. The number of hydrogen-bond acceptors (Lipinski definition) is 6. The number of carbonyl (C=O) groups excluding carboxylic acids is 2. The molecule has 0 spiro atoms. The molecular formula is C29H25N3O5. The maximum absolute atomic E-state index is 13.4. The van der Waals surface area contributed by atoms with Gasteiger partial charge in [0.05, 0.1) is 35.4 Å². The van der Waals surface area contributed by atoms with Crippen LogP contribution in [0.4, 0.5) is 5.95 Å². The fraction of sp³-hybridized carbons (Fsp3) is 0.207. The van der Waals surface area contributed by atoms with Crippen LogP contribution in [-0.4, -0.2) is 39.5 Å². The van der Waals surface area contributed by atoms with E-state index >= 15 is 0 Å². The van der Waals surface area contributed by atoms with Crippen LogP contribution in [0.3, 0.4) is 0 Å². The third-order valence-electron chi connectivity index (χ3n) is 6.58. The van der Waals surface area contributed by atoms with E-state index in [9.17, 15) is 14.7 Å². The van der Waals surface area contributed by atoms with Crippen molar-refractivity contribution in [3.63, 3.8) is 0 Å². The maximum Gasteiger partial charge on any atom is 0.302 e. The Kier molecular flexibility index (Phi) is 5.44. The van der Waals surface area contributed by atoms with Crippen molar-refractivity contribution in [2.24, 2.45) is 0 Å². The van der Waals surface area contributed by atoms with Gasteiger partial charge in [0.25, 0.3) is 5.78 Å². The number of nitrogens with one attached hydrogen (secondary N) is 1. The van der Waals surface area contributed by atoms with Crippen molar-refractivity contribution in [1.29, 1.82) is 0 Å². The van der Waals surface area contributed by atoms with Gasteiger partial charge in [0.15, 0.2) is 0 Å². The van der Waals surface area contributed by atoms with Gasteiger partial charge in [-0.2, -0.15) is 0 Å². The molecule has 3 aromatic carbocycles. The molecule has 1 fully saturated rings. The van der Waals surface area contributed by atoms with E-state index in [0.29, 0.717) is 35.4 Å². The number of benzene rings is 3. The molecule has 3 heterocycles. The summed E-state index contributed by atoms with van der Waals surface area (Å²) in [5.41, 5.74) is 3.44. The number of ether oxygens (including phenoxy) is 2. The van der Waals surface area contributed by atoms with Gasteiger partial charge in [-0.15, -0.1) is 0 Å². The second-order valence-electron chi connectivity index (χ2n) is 9.40. The molecule has 0 bridgehead atoms. The molecule has 1 aromatic heterocycles. The smallest absolute Gasteiger partial charge is 0.302 e. The molecule has 6 rings (SSSR count). The van der Waals surface area contributed by atoms with Crippen molar-refractivity contribution in [3.05, 3.63) is 89.0 Å². The number of amides is 1. The van der Waals surface area contributed by atoms with Crippen molar-refractivity contribution >= 4 is 34.4 Å². The van der Waals surface area contributed by atoms with Crippen LogP contribution in [0, 0.1) is 0 Å². The monoisotopic (exact) mass is 495 g/mol. The van der Waals surface area contributed by atoms with Crippen molar-refractivity contribution < 1.29 is 24.2 Å². The fourth-order valence-electron chi connectivity index (χ4n) is 4.91. The van der Waals surface area contributed by atoms with Gasteiger partial charge in [-0.05, 0) is 67.4 Å². The van der Waals surface area contributed by atoms with Crippen LogP contribution < -0.4 is 14.4 Å². The Morgan fingerprint density at radius 2 is 1.89 bits per heavy atom. The number of anilines is 1. The Labute approximate surface area is 213 Å². The molecule has 1 saturated heterocycles. The Morgan fingerprint density at radius 3 is 2.65 bits per heavy atom. The van der Waals surface area contributed by atoms with E-state index in [2.05, 4.69) is 9.97 Å². The third kappa shape index (κ3) is 3.91. The van der Waals surface area contributed by atoms with Crippen molar-refractivity contribution in [2.75, 3.05) is 11.5 Å². The average Bonchev–Trinajstić information content (AvgIpc) is 3.59. The number of imidazole rings is 1. The summed E-state index contributed by atoms with van der Waals surface area (Å²) in [7, 11) is 0. The molecule has 8 nitrogen and oxygen atoms in total. The predicted molar refractivity (Wildman–Crippen MR) is 139 cm³/mol. The fourth-order valence-corrected chi connectivity index (χ4v) is 4.91. The number of aromatic nitrogens is 2. The minimum Gasteiger partial charge on any atom is -0.507 e. The topological polar surface area (TPSA) is 105 Å². The number of aliphatic hydroxyl groups is 1. The minimum absolute atomic E-state index is 0.00171. The largest absolute Gasteiger partial charge is 0.507 e. The molecular weight excluding hydrogens is 470 g/mol. The van der Waals surface area contributed by atoms with Gasteiger partial charge in [0, 0.05) is 12.0 Å². The number of fused-ring (bicyclic) bond motifs is 2. The van der Waals surface area contributed by atoms with Crippen LogP contribution in [0.25, 0.3) is 16.8 Å². The SMILES string of the molecule is CC(C)Oc1ccc(C2/C(=C(\O)c3ccc4c(c3)CCO4)C(=O)C(=O)N2c2nc3ccccc3[nH]2)cc1. The minimum atomic E-state index is -0.891. The first-order valence-corrected chi connectivity index (χ1v) is 12.2. The zero-order chi connectivity index (χ0) is 25.7. The molecule has 37 heavy (non-hydrogen) atoms. The van der Waals surface area contributed by atoms with Gasteiger partial charge in [0.1, 0.15) is 17.3 Å². The van der Waals surface area contributed by atoms with Crippen LogP contribution in [0.2, 0.25) is 0 Å². The van der Waals surface area contributed by atoms with E-state index in [1.165, 1.54) is 4.90 Å². The quantitative estimate of drug-likeness (QED) is 0.232. The molecule has 2 N–H and O–H groups in total. The number of para-hydroxylation sites is 2. The van der Waals surface area contributed by atoms with E-state index in [1.807, 2.05) is 44.2 Å². The van der Waals surface area contributed by atoms with E-state index in [0.717, 1.165) is 16.8 Å². The Hall–Kier alpha value is -4.59. The van der Waals surface area contributed by atoms with Crippen LogP contribution in [-0.2, 0) is 16.0 Å². The summed E-state index contributed by atoms with van der Waals surface area (Å²) in [5.74, 6) is -0.120. The summed E-state index contributed by atoms with van der Waals surface area (Å²) < 4.78 is 11.4. The molecule has 0 saturated carbocycles. The zero-order valence-corrected chi connectivity index (χ0v) is 20.4. The maximum atomic E-state index is 13.4. The first kappa shape index (κ1) is 22.8. The molecule has 1 unspecified atom stereocenters. The van der Waals surface area contributed by atoms with Crippen molar-refractivity contribution in [2.45, 2.75) is 32.4 Å². The number of carbonyl (C=O) groups is 2. The Morgan fingerprint density at radius 1 is 1.11 bits per heavy atom. The molecule has 2 aliphatic heterocycles. The van der Waals surface area contributed by atoms with Crippen LogP contribution in [0.15, 0.2) is 72.3 Å². The lowest BCUT2D eigenvalue weighted by atomic mass is 9.94. The van der Waals surface area contributed by atoms with Crippen LogP contribution in [0.5, 0.6) is 11.5 Å². The normalized spacial score (nSPS) is 18.5. The molecule has 1 atom stereocenters. The standard InChI is InChI=1S/C29H25N3O5/c1-16(2)37-20-10-7-17(8-11-20)25-24(26(33)19-9-12-23-18(15-19)13-14-36-23)27(34)28(35)32(25)29-30-21-5-3-4-6-22(21)31-29/h3-12,15-16,25,33H,13-14H2,1-2H3,(H,30,31)/b26-24+. The second kappa shape index (κ2) is 8.81. The van der Waals surface area contributed by atoms with E-state index in [4.69, 9.17) is 9.47 Å². The molecule has 2 aliphatic rings. The van der Waals surface area contributed by atoms with Gasteiger partial charge >= 0.3 is 5.91 Å². The van der Waals surface area contributed by atoms with Crippen LogP contribution >= 0.6 is 0 Å². The van der Waals surface area contributed by atoms with Gasteiger partial charge < -0.3 is 19.6 Å². The molecule has 8 heteroatoms. The van der Waals surface area contributed by atoms with Gasteiger partial charge in [-0.3, -0.25) is 14.5 Å². The van der Waals surface area contributed by atoms with E-state index < -0.39 is 17.7 Å². The summed E-state index contributed by atoms with van der Waals surface area (Å²) in [4.78, 5) is 35.9. The molecule has 186 valence electrons. The van der Waals surface area contributed by atoms with Crippen molar-refractivity contribution in [3.8, 4) is 11.5 Å². The number of aromatic amines is 1. The number of nitrogens with zero attached hydrogens (tertiary/aromatic N) is 2. The lowest BCUT2D eigenvalue weighted by molar-refractivity contribution is -0.132. The van der Waals surface area contributed by atoms with Gasteiger partial charge in [-0.1, -0.05) is 24.3 Å². The predicted octanol–water partition coefficient (Wildman–Crippen LogP) is 4.91. The number of Topliss-reactive ketones (excluding diaryl/α,β-unsaturated/α-hetero) is 1. The second-order valence-corrected chi connectivity index (χ2v) is 9.40. The Balaban J connectivity index is 1.51. The zero-order valence-electron chi connectivity index (χ0n) is 20.4. The number of aliphatic hydroxyl groups excluding tert-OH is 1. The van der Waals surface area contributed by atoms with Crippen LogP contribution in [0.1, 0.15) is 36.6 Å². The van der Waals surface area contributed by atoms with Gasteiger partial charge in [0.2, 0.25) is 5.95 Å². The summed E-state index contributed by atoms with van der Waals surface area (Å²) in [6.07, 6.45) is 0.709. The Bertz CT molecular complexity index is 1540. The highest BCUT2D eigenvalue weighted by atomic mass is 16.5. The lowest BCUT2D eigenvalue weighted by Gasteiger charge is -2.23. The first-order chi connectivity index (χ1) is 17.9. The van der Waals surface area contributed by atoms with E-state index in [1.54, 1.807) is 36.4 Å². The highest BCUT2D eigenvalue weighted by Crippen LogP contribution is 2.42. The number of hydrogen-bond donors (Lipinski definition) is 2. The third-order valence-corrected chi connectivity index (χ3v) is 6.58. The first-order valence-electron chi connectivity index (χ1n) is 12.2. The molecule has 1 amide bonds. The summed E-state index contributed by atoms with van der Waals surface area (Å²) in [5, 5.41) is 11.4. The highest BCUT2D eigenvalue weighted by molar-refractivity contribution is 6.51. The number of H-pyrrole nitrogens is 1. The lowest BCUT2D eigenvalue weighted by Crippen LogP contribution is -2.30. The molecule has 4 aromatic rings. The number of ketones is 1. The summed E-state index contributed by atoms with van der Waals surface area (Å²) >= 11 is 0. The van der Waals surface area contributed by atoms with Gasteiger partial charge in [-0.25, -0.2) is 4.98 Å². The molecule has 0 radical (unpaired) electrons. The summed E-state index contributed by atoms with van der Waals surface area (Å²) in [6, 6.07) is 19.0. The van der Waals surface area contributed by atoms with Crippen molar-refractivity contribution in [1.82, 2.24) is 9.97 Å².